The fourth-order valence-electron chi connectivity index (χ4n) is 0.0727. The molecule has 0 bridgehead atoms. The topological polar surface area (TPSA) is 57.2 Å². The molecule has 8 heavy (non-hydrogen) atoms. The van der Waals surface area contributed by atoms with E-state index in [1.165, 1.54) is 0 Å². The molecule has 0 aromatic rings. The maximum Gasteiger partial charge on any atom is 0.238 e. The highest BCUT2D eigenvalue weighted by Gasteiger charge is 2.10. The first kappa shape index (κ1) is 8.36. The Morgan fingerprint density at radius 1 is 1.62 bits per heavy atom. The van der Waals surface area contributed by atoms with Crippen LogP contribution in [-0.2, 0) is 15.9 Å². The molecule has 0 fully saturated rings. The van der Waals surface area contributed by atoms with E-state index < -0.39 is 21.0 Å². The lowest BCUT2D eigenvalue weighted by atomic mass is 10.9. The first-order chi connectivity index (χ1) is 3.55. The van der Waals surface area contributed by atoms with E-state index in [-0.39, 0.29) is 0 Å². The average Bonchev–Trinajstić information content (AvgIpc) is 1.64. The van der Waals surface area contributed by atoms with Crippen LogP contribution in [-0.4, -0.2) is 18.7 Å². The van der Waals surface area contributed by atoms with Gasteiger partial charge in [0.15, 0.2) is 4.84 Å². The molecule has 0 rings (SSSR count). The molecule has 0 aromatic carbocycles. The van der Waals surface area contributed by atoms with E-state index in [9.17, 15) is 13.6 Å². The monoisotopic (exact) mass is 175 g/mol. The van der Waals surface area contributed by atoms with Crippen molar-refractivity contribution in [2.45, 2.75) is 4.84 Å². The van der Waals surface area contributed by atoms with Gasteiger partial charge in [0.05, 0.1) is 0 Å². The first-order valence-electron chi connectivity index (χ1n) is 1.47. The van der Waals surface area contributed by atoms with Gasteiger partial charge in [0.1, 0.15) is 0 Å². The third kappa shape index (κ3) is 2.61. The Hall–Kier alpha value is 0.360. The molecule has 0 aliphatic rings. The van der Waals surface area contributed by atoms with E-state index in [0.29, 0.717) is 0 Å². The zero-order valence-electron chi connectivity index (χ0n) is 3.47. The van der Waals surface area contributed by atoms with Crippen LogP contribution in [0.15, 0.2) is 0 Å². The average molecular weight is 176 g/mol. The number of hydrogen-bond acceptors (Lipinski definition) is 3. The van der Waals surface area contributed by atoms with Gasteiger partial charge >= 0.3 is 0 Å². The molecule has 0 saturated heterocycles. The summed E-state index contributed by atoms with van der Waals surface area (Å²) in [5.74, 6) is 0. The molecule has 0 aliphatic carbocycles. The number of halogens is 2. The molecule has 0 aliphatic heterocycles. The molecule has 0 aromatic heterocycles. The van der Waals surface area contributed by atoms with Gasteiger partial charge in [-0.05, 0) is 0 Å². The van der Waals surface area contributed by atoms with Crippen molar-refractivity contribution in [3.05, 3.63) is 0 Å². The lowest BCUT2D eigenvalue weighted by Gasteiger charge is -2.01. The Morgan fingerprint density at radius 3 is 2.00 bits per heavy atom. The summed E-state index contributed by atoms with van der Waals surface area (Å²) in [5.41, 5.74) is 0. The molecular weight excluding hydrogens is 175 g/mol. The van der Waals surface area contributed by atoms with E-state index in [4.69, 9.17) is 23.2 Å². The van der Waals surface area contributed by atoms with Crippen molar-refractivity contribution in [3.8, 4) is 0 Å². The zero-order chi connectivity index (χ0) is 6.73. The highest BCUT2D eigenvalue weighted by atomic mass is 35.5. The van der Waals surface area contributed by atoms with Gasteiger partial charge in [-0.1, -0.05) is 23.2 Å². The van der Waals surface area contributed by atoms with Gasteiger partial charge in [-0.25, -0.2) is 0 Å². The predicted octanol–water partition coefficient (Wildman–Crippen LogP) is 0.196. The smallest absolute Gasteiger partial charge is 0.238 e. The second kappa shape index (κ2) is 3.40. The summed E-state index contributed by atoms with van der Waals surface area (Å²) in [5, 5.41) is -1.20. The summed E-state index contributed by atoms with van der Waals surface area (Å²) in [6.45, 7) is 0. The molecule has 0 saturated carbocycles. The Balaban J connectivity index is 3.84. The molecule has 1 atom stereocenters. The number of carbonyl (C=O) groups excluding carboxylic acids is 1. The quantitative estimate of drug-likeness (QED) is 0.423. The van der Waals surface area contributed by atoms with Crippen LogP contribution in [0.4, 0.5) is 0 Å². The van der Waals surface area contributed by atoms with Gasteiger partial charge in [0.2, 0.25) is 5.12 Å². The van der Waals surface area contributed by atoms with Crippen LogP contribution < -0.4 is 0 Å². The second-order valence-corrected chi connectivity index (χ2v) is 2.82. The minimum atomic E-state index is -2.79. The Kier molecular flexibility index (Phi) is 3.55. The molecular formula is C2HCl2O3S-. The van der Waals surface area contributed by atoms with Crippen LogP contribution in [0.2, 0.25) is 0 Å². The molecule has 0 radical (unpaired) electrons. The summed E-state index contributed by atoms with van der Waals surface area (Å²) in [4.78, 5) is 8.50. The number of alkyl halides is 2. The third-order valence-electron chi connectivity index (χ3n) is 0.342. The number of rotatable bonds is 1. The van der Waals surface area contributed by atoms with E-state index >= 15 is 0 Å². The van der Waals surface area contributed by atoms with Gasteiger partial charge in [0.25, 0.3) is 0 Å². The van der Waals surface area contributed by atoms with Crippen molar-refractivity contribution in [3.63, 3.8) is 0 Å². The van der Waals surface area contributed by atoms with Crippen LogP contribution in [0, 0.1) is 0 Å². The van der Waals surface area contributed by atoms with Crippen molar-refractivity contribution in [1.82, 2.24) is 0 Å². The van der Waals surface area contributed by atoms with E-state index in [1.807, 2.05) is 0 Å². The fourth-order valence-corrected chi connectivity index (χ4v) is 0.655. The van der Waals surface area contributed by atoms with Gasteiger partial charge in [-0.15, -0.1) is 0 Å². The van der Waals surface area contributed by atoms with Gasteiger partial charge in [-0.2, -0.15) is 0 Å². The lowest BCUT2D eigenvalue weighted by Crippen LogP contribution is -2.13. The van der Waals surface area contributed by atoms with E-state index in [1.54, 1.807) is 0 Å². The van der Waals surface area contributed by atoms with Gasteiger partial charge < -0.3 is 4.55 Å². The zero-order valence-corrected chi connectivity index (χ0v) is 5.79. The lowest BCUT2D eigenvalue weighted by molar-refractivity contribution is -0.110. The maximum atomic E-state index is 9.97. The van der Waals surface area contributed by atoms with Crippen molar-refractivity contribution in [2.24, 2.45) is 0 Å². The molecule has 48 valence electrons. The Morgan fingerprint density at radius 2 is 2.00 bits per heavy atom. The van der Waals surface area contributed by atoms with Crippen LogP contribution >= 0.6 is 23.2 Å². The van der Waals surface area contributed by atoms with Crippen molar-refractivity contribution in [1.29, 1.82) is 0 Å². The second-order valence-electron chi connectivity index (χ2n) is 0.854. The SMILES string of the molecule is O=C(C(Cl)Cl)S(=O)[O-]. The van der Waals surface area contributed by atoms with Crippen LogP contribution in [0.25, 0.3) is 0 Å². The molecule has 0 N–H and O–H groups in total. The minimum Gasteiger partial charge on any atom is -0.766 e. The van der Waals surface area contributed by atoms with Crippen molar-refractivity contribution >= 4 is 39.4 Å². The summed E-state index contributed by atoms with van der Waals surface area (Å²) >= 11 is 6.90. The van der Waals surface area contributed by atoms with Crippen LogP contribution in [0.1, 0.15) is 0 Å². The maximum absolute atomic E-state index is 9.97. The predicted molar refractivity (Wildman–Crippen MR) is 29.4 cm³/mol. The summed E-state index contributed by atoms with van der Waals surface area (Å²) in [7, 11) is 0. The molecule has 0 amide bonds. The van der Waals surface area contributed by atoms with Crippen molar-refractivity contribution < 1.29 is 13.6 Å². The Labute approximate surface area is 58.2 Å². The van der Waals surface area contributed by atoms with E-state index in [2.05, 4.69) is 0 Å². The van der Waals surface area contributed by atoms with Crippen molar-refractivity contribution in [2.75, 3.05) is 0 Å². The molecule has 3 nitrogen and oxygen atoms in total. The summed E-state index contributed by atoms with van der Waals surface area (Å²) in [6, 6.07) is 0. The molecule has 6 heteroatoms. The Bertz CT molecular complexity index is 122. The van der Waals surface area contributed by atoms with Crippen LogP contribution in [0.5, 0.6) is 0 Å². The highest BCUT2D eigenvalue weighted by Crippen LogP contribution is 2.03. The molecule has 0 heterocycles. The summed E-state index contributed by atoms with van der Waals surface area (Å²) < 4.78 is 19.2. The first-order valence-corrected chi connectivity index (χ1v) is 3.41. The number of carbonyl (C=O) groups is 1. The summed E-state index contributed by atoms with van der Waals surface area (Å²) in [6.07, 6.45) is 0. The standard InChI is InChI=1S/C2H2Cl2O3S/c3-1(4)2(5)8(6)7/h1H,(H,6,7)/p-1. The van der Waals surface area contributed by atoms with E-state index in [0.717, 1.165) is 0 Å². The molecule has 0 spiro atoms. The minimum absolute atomic E-state index is 1.20. The van der Waals surface area contributed by atoms with Gasteiger partial charge in [0, 0.05) is 11.1 Å². The van der Waals surface area contributed by atoms with Crippen LogP contribution in [0.3, 0.4) is 0 Å². The highest BCUT2D eigenvalue weighted by molar-refractivity contribution is 7.95. The fraction of sp³-hybridized carbons (Fsp3) is 0.500. The largest absolute Gasteiger partial charge is 0.766 e. The normalized spacial score (nSPS) is 14.0. The molecule has 1 unspecified atom stereocenters. The van der Waals surface area contributed by atoms with Gasteiger partial charge in [-0.3, -0.25) is 9.00 Å². The number of hydrogen-bond donors (Lipinski definition) is 0. The third-order valence-corrected chi connectivity index (χ3v) is 1.56.